The Morgan fingerprint density at radius 3 is 2.75 bits per heavy atom. The summed E-state index contributed by atoms with van der Waals surface area (Å²) in [5.74, 6) is 1.79. The predicted octanol–water partition coefficient (Wildman–Crippen LogP) is 2.62. The van der Waals surface area contributed by atoms with E-state index in [0.717, 1.165) is 16.4 Å². The van der Waals surface area contributed by atoms with Crippen LogP contribution in [0, 0.1) is 0 Å². The standard InChI is InChI=1S/C12H15NOS2/c1-2-8-16-9-7-13-12(14)10-3-5-11(15)6-4-10/h2-6,15H,1,7-9H2,(H,13,14). The van der Waals surface area contributed by atoms with Crippen LogP contribution in [0.1, 0.15) is 10.4 Å². The summed E-state index contributed by atoms with van der Waals surface area (Å²) in [4.78, 5) is 12.5. The molecule has 0 saturated carbocycles. The molecule has 0 atom stereocenters. The highest BCUT2D eigenvalue weighted by Gasteiger charge is 2.03. The van der Waals surface area contributed by atoms with Crippen LogP contribution in [-0.2, 0) is 0 Å². The molecule has 0 spiro atoms. The molecule has 1 rings (SSSR count). The lowest BCUT2D eigenvalue weighted by Gasteiger charge is -2.04. The molecule has 0 fully saturated rings. The van der Waals surface area contributed by atoms with E-state index in [0.29, 0.717) is 12.1 Å². The summed E-state index contributed by atoms with van der Waals surface area (Å²) in [5, 5.41) is 2.86. The molecule has 0 aliphatic heterocycles. The molecular weight excluding hydrogens is 238 g/mol. The summed E-state index contributed by atoms with van der Waals surface area (Å²) >= 11 is 5.91. The van der Waals surface area contributed by atoms with Gasteiger partial charge < -0.3 is 5.32 Å². The fraction of sp³-hybridized carbons (Fsp3) is 0.250. The van der Waals surface area contributed by atoms with Gasteiger partial charge in [-0.2, -0.15) is 11.8 Å². The molecule has 86 valence electrons. The number of carbonyl (C=O) groups is 1. The molecule has 1 aromatic rings. The molecule has 0 saturated heterocycles. The van der Waals surface area contributed by atoms with E-state index in [1.165, 1.54) is 0 Å². The van der Waals surface area contributed by atoms with Crippen LogP contribution in [0.25, 0.3) is 0 Å². The van der Waals surface area contributed by atoms with Crippen LogP contribution in [-0.4, -0.2) is 24.0 Å². The van der Waals surface area contributed by atoms with Gasteiger partial charge in [-0.05, 0) is 24.3 Å². The lowest BCUT2D eigenvalue weighted by molar-refractivity contribution is 0.0956. The third-order valence-electron chi connectivity index (χ3n) is 1.90. The Kier molecular flexibility index (Phi) is 6.11. The number of hydrogen-bond acceptors (Lipinski definition) is 3. The Hall–Kier alpha value is -0.870. The molecule has 4 heteroatoms. The van der Waals surface area contributed by atoms with Crippen LogP contribution in [0.15, 0.2) is 41.8 Å². The Balaban J connectivity index is 2.29. The second-order valence-corrected chi connectivity index (χ2v) is 4.83. The van der Waals surface area contributed by atoms with Crippen molar-refractivity contribution in [2.24, 2.45) is 0 Å². The molecule has 1 aromatic carbocycles. The molecular formula is C12H15NOS2. The molecule has 0 aliphatic rings. The van der Waals surface area contributed by atoms with Gasteiger partial charge in [-0.3, -0.25) is 4.79 Å². The first-order valence-corrected chi connectivity index (χ1v) is 6.60. The molecule has 0 aliphatic carbocycles. The van der Waals surface area contributed by atoms with Gasteiger partial charge in [0.25, 0.3) is 5.91 Å². The highest BCUT2D eigenvalue weighted by atomic mass is 32.2. The maximum absolute atomic E-state index is 11.6. The first kappa shape index (κ1) is 13.2. The monoisotopic (exact) mass is 253 g/mol. The zero-order chi connectivity index (χ0) is 11.8. The topological polar surface area (TPSA) is 29.1 Å². The summed E-state index contributed by atoms with van der Waals surface area (Å²) in [6, 6.07) is 7.16. The van der Waals surface area contributed by atoms with Crippen LogP contribution in [0.2, 0.25) is 0 Å². The smallest absolute Gasteiger partial charge is 0.251 e. The number of hydrogen-bond donors (Lipinski definition) is 2. The number of benzene rings is 1. The van der Waals surface area contributed by atoms with E-state index in [2.05, 4.69) is 24.5 Å². The zero-order valence-electron chi connectivity index (χ0n) is 8.98. The number of rotatable bonds is 6. The first-order valence-electron chi connectivity index (χ1n) is 5.00. The molecule has 0 unspecified atom stereocenters. The number of thioether (sulfide) groups is 1. The maximum atomic E-state index is 11.6. The first-order chi connectivity index (χ1) is 7.74. The van der Waals surface area contributed by atoms with Crippen molar-refractivity contribution in [3.8, 4) is 0 Å². The number of carbonyl (C=O) groups excluding carboxylic acids is 1. The molecule has 0 bridgehead atoms. The highest BCUT2D eigenvalue weighted by molar-refractivity contribution is 7.99. The van der Waals surface area contributed by atoms with Crippen molar-refractivity contribution < 1.29 is 4.79 Å². The number of nitrogens with one attached hydrogen (secondary N) is 1. The van der Waals surface area contributed by atoms with Gasteiger partial charge in [0.2, 0.25) is 0 Å². The van der Waals surface area contributed by atoms with Gasteiger partial charge in [-0.25, -0.2) is 0 Å². The molecule has 1 amide bonds. The van der Waals surface area contributed by atoms with Crippen molar-refractivity contribution in [1.82, 2.24) is 5.32 Å². The van der Waals surface area contributed by atoms with Crippen LogP contribution in [0.3, 0.4) is 0 Å². The van der Waals surface area contributed by atoms with Crippen molar-refractivity contribution in [3.63, 3.8) is 0 Å². The van der Waals surface area contributed by atoms with E-state index in [-0.39, 0.29) is 5.91 Å². The summed E-state index contributed by atoms with van der Waals surface area (Å²) in [6.07, 6.45) is 1.86. The van der Waals surface area contributed by atoms with Gasteiger partial charge in [0.05, 0.1) is 0 Å². The quantitative estimate of drug-likeness (QED) is 0.463. The molecule has 1 N–H and O–H groups in total. The molecule has 0 aromatic heterocycles. The number of thiol groups is 1. The van der Waals surface area contributed by atoms with E-state index in [9.17, 15) is 4.79 Å². The van der Waals surface area contributed by atoms with Crippen LogP contribution >= 0.6 is 24.4 Å². The average molecular weight is 253 g/mol. The van der Waals surface area contributed by atoms with Gasteiger partial charge >= 0.3 is 0 Å². The van der Waals surface area contributed by atoms with Crippen molar-refractivity contribution in [2.75, 3.05) is 18.1 Å². The number of amides is 1. The van der Waals surface area contributed by atoms with E-state index < -0.39 is 0 Å². The fourth-order valence-corrected chi connectivity index (χ4v) is 1.85. The average Bonchev–Trinajstić information content (AvgIpc) is 2.29. The maximum Gasteiger partial charge on any atom is 0.251 e. The normalized spacial score (nSPS) is 9.81. The van der Waals surface area contributed by atoms with Gasteiger partial charge in [-0.15, -0.1) is 19.2 Å². The van der Waals surface area contributed by atoms with Crippen molar-refractivity contribution in [1.29, 1.82) is 0 Å². The molecule has 0 radical (unpaired) electrons. The lowest BCUT2D eigenvalue weighted by Crippen LogP contribution is -2.25. The van der Waals surface area contributed by atoms with Gasteiger partial charge in [0.15, 0.2) is 0 Å². The minimum Gasteiger partial charge on any atom is -0.351 e. The van der Waals surface area contributed by atoms with Crippen molar-refractivity contribution >= 4 is 30.3 Å². The van der Waals surface area contributed by atoms with Gasteiger partial charge in [-0.1, -0.05) is 6.08 Å². The van der Waals surface area contributed by atoms with Crippen molar-refractivity contribution in [2.45, 2.75) is 4.90 Å². The fourth-order valence-electron chi connectivity index (χ4n) is 1.12. The summed E-state index contributed by atoms with van der Waals surface area (Å²) < 4.78 is 0. The van der Waals surface area contributed by atoms with Crippen LogP contribution < -0.4 is 5.32 Å². The van der Waals surface area contributed by atoms with E-state index in [1.807, 2.05) is 18.2 Å². The minimum atomic E-state index is -0.0347. The van der Waals surface area contributed by atoms with Gasteiger partial charge in [0, 0.05) is 28.5 Å². The minimum absolute atomic E-state index is 0.0347. The summed E-state index contributed by atoms with van der Waals surface area (Å²) in [5.41, 5.74) is 0.673. The van der Waals surface area contributed by atoms with E-state index in [1.54, 1.807) is 23.9 Å². The zero-order valence-corrected chi connectivity index (χ0v) is 10.7. The molecule has 16 heavy (non-hydrogen) atoms. The van der Waals surface area contributed by atoms with Crippen LogP contribution in [0.4, 0.5) is 0 Å². The summed E-state index contributed by atoms with van der Waals surface area (Å²) in [7, 11) is 0. The van der Waals surface area contributed by atoms with Crippen LogP contribution in [0.5, 0.6) is 0 Å². The SMILES string of the molecule is C=CCSCCNC(=O)c1ccc(S)cc1. The second-order valence-electron chi connectivity index (χ2n) is 3.17. The predicted molar refractivity (Wildman–Crippen MR) is 73.5 cm³/mol. The van der Waals surface area contributed by atoms with E-state index in [4.69, 9.17) is 0 Å². The third kappa shape index (κ3) is 4.77. The Morgan fingerprint density at radius 1 is 1.44 bits per heavy atom. The largest absolute Gasteiger partial charge is 0.351 e. The molecule has 0 heterocycles. The molecule has 2 nitrogen and oxygen atoms in total. The Labute approximate surface area is 106 Å². The third-order valence-corrected chi connectivity index (χ3v) is 3.16. The Bertz CT molecular complexity index is 349. The van der Waals surface area contributed by atoms with E-state index >= 15 is 0 Å². The Morgan fingerprint density at radius 2 is 2.12 bits per heavy atom. The second kappa shape index (κ2) is 7.41. The lowest BCUT2D eigenvalue weighted by atomic mass is 10.2. The van der Waals surface area contributed by atoms with Crippen molar-refractivity contribution in [3.05, 3.63) is 42.5 Å². The highest BCUT2D eigenvalue weighted by Crippen LogP contribution is 2.07. The summed E-state index contributed by atoms with van der Waals surface area (Å²) in [6.45, 7) is 4.31. The van der Waals surface area contributed by atoms with Gasteiger partial charge in [0.1, 0.15) is 0 Å².